The minimum atomic E-state index is -3.90. The first kappa shape index (κ1) is 16.1. The van der Waals surface area contributed by atoms with Crippen LogP contribution in [-0.2, 0) is 14.9 Å². The number of amides is 1. The van der Waals surface area contributed by atoms with Gasteiger partial charge in [-0.2, -0.15) is 13.1 Å². The van der Waals surface area contributed by atoms with Gasteiger partial charge >= 0.3 is 16.3 Å². The molecule has 7 nitrogen and oxygen atoms in total. The highest BCUT2D eigenvalue weighted by molar-refractivity contribution is 7.88. The number of nitrogens with two attached hydrogens (primary N) is 1. The van der Waals surface area contributed by atoms with E-state index in [0.717, 1.165) is 12.8 Å². The predicted octanol–water partition coefficient (Wildman–Crippen LogP) is 0.0844. The van der Waals surface area contributed by atoms with Crippen LogP contribution in [0.4, 0.5) is 4.79 Å². The Labute approximate surface area is 102 Å². The molecule has 0 spiro atoms. The third-order valence-electron chi connectivity index (χ3n) is 2.01. The topological polar surface area (TPSA) is 111 Å². The summed E-state index contributed by atoms with van der Waals surface area (Å²) in [6.07, 6.45) is 1.45. The van der Waals surface area contributed by atoms with E-state index in [9.17, 15) is 13.2 Å². The lowest BCUT2D eigenvalue weighted by Crippen LogP contribution is -2.47. The third kappa shape index (κ3) is 7.94. The highest BCUT2D eigenvalue weighted by atomic mass is 32.2. The van der Waals surface area contributed by atoms with Crippen molar-refractivity contribution in [2.45, 2.75) is 39.2 Å². The maximum atomic E-state index is 11.5. The predicted molar refractivity (Wildman–Crippen MR) is 64.6 cm³/mol. The van der Waals surface area contributed by atoms with Crippen LogP contribution >= 0.6 is 0 Å². The molecular weight excluding hydrogens is 246 g/mol. The summed E-state index contributed by atoms with van der Waals surface area (Å²) in [5.74, 6) is 0. The lowest BCUT2D eigenvalue weighted by Gasteiger charge is -2.16. The molecule has 0 aliphatic heterocycles. The average molecular weight is 267 g/mol. The van der Waals surface area contributed by atoms with E-state index in [0.29, 0.717) is 6.42 Å². The Hall–Kier alpha value is -0.860. The van der Waals surface area contributed by atoms with Gasteiger partial charge in [-0.05, 0) is 13.3 Å². The third-order valence-corrected chi connectivity index (χ3v) is 3.08. The second-order valence-corrected chi connectivity index (χ2v) is 4.97. The number of ether oxygens (including phenoxy) is 1. The van der Waals surface area contributed by atoms with Crippen molar-refractivity contribution in [2.24, 2.45) is 5.73 Å². The van der Waals surface area contributed by atoms with Gasteiger partial charge in [0.2, 0.25) is 0 Å². The van der Waals surface area contributed by atoms with Crippen LogP contribution in [0.5, 0.6) is 0 Å². The van der Waals surface area contributed by atoms with Crippen molar-refractivity contribution in [3.05, 3.63) is 0 Å². The summed E-state index contributed by atoms with van der Waals surface area (Å²) >= 11 is 0. The first-order valence-corrected chi connectivity index (χ1v) is 7.10. The molecule has 0 aliphatic carbocycles. The maximum Gasteiger partial charge on any atom is 0.421 e. The molecule has 102 valence electrons. The summed E-state index contributed by atoms with van der Waals surface area (Å²) in [5, 5.41) is 0. The van der Waals surface area contributed by atoms with E-state index in [1.807, 2.05) is 6.92 Å². The Kier molecular flexibility index (Phi) is 7.85. The van der Waals surface area contributed by atoms with Gasteiger partial charge in [-0.3, -0.25) is 0 Å². The summed E-state index contributed by atoms with van der Waals surface area (Å²) in [7, 11) is -3.90. The standard InChI is InChI=1S/C9H21N3O4S/c1-3-5-6-8(7-10)11-17(14,15)12-9(13)16-4-2/h8,11H,3-7,10H2,1-2H3,(H,12,13). The minimum Gasteiger partial charge on any atom is -0.449 e. The van der Waals surface area contributed by atoms with E-state index in [-0.39, 0.29) is 19.2 Å². The Balaban J connectivity index is 4.26. The van der Waals surface area contributed by atoms with Crippen molar-refractivity contribution < 1.29 is 17.9 Å². The summed E-state index contributed by atoms with van der Waals surface area (Å²) in [6, 6.07) is -0.373. The van der Waals surface area contributed by atoms with Crippen LogP contribution in [-0.4, -0.2) is 33.7 Å². The smallest absolute Gasteiger partial charge is 0.421 e. The molecule has 1 amide bonds. The molecule has 0 heterocycles. The van der Waals surface area contributed by atoms with E-state index in [1.54, 1.807) is 11.6 Å². The Morgan fingerprint density at radius 1 is 1.41 bits per heavy atom. The van der Waals surface area contributed by atoms with E-state index >= 15 is 0 Å². The fraction of sp³-hybridized carbons (Fsp3) is 0.889. The molecule has 1 unspecified atom stereocenters. The number of hydrogen-bond donors (Lipinski definition) is 3. The molecule has 0 saturated carbocycles. The van der Waals surface area contributed by atoms with E-state index in [2.05, 4.69) is 9.46 Å². The number of unbranched alkanes of at least 4 members (excludes halogenated alkanes) is 1. The molecule has 0 rings (SSSR count). The number of rotatable bonds is 8. The fourth-order valence-corrected chi connectivity index (χ4v) is 2.18. The molecule has 0 aliphatic rings. The van der Waals surface area contributed by atoms with Gasteiger partial charge in [0.05, 0.1) is 6.61 Å². The highest BCUT2D eigenvalue weighted by Crippen LogP contribution is 2.00. The van der Waals surface area contributed by atoms with Gasteiger partial charge in [-0.1, -0.05) is 19.8 Å². The van der Waals surface area contributed by atoms with Crippen LogP contribution in [0, 0.1) is 0 Å². The van der Waals surface area contributed by atoms with Crippen LogP contribution in [0.1, 0.15) is 33.1 Å². The quantitative estimate of drug-likeness (QED) is 0.577. The van der Waals surface area contributed by atoms with Crippen LogP contribution in [0.2, 0.25) is 0 Å². The zero-order valence-electron chi connectivity index (χ0n) is 10.2. The van der Waals surface area contributed by atoms with Crippen molar-refractivity contribution in [1.29, 1.82) is 0 Å². The van der Waals surface area contributed by atoms with Crippen molar-refractivity contribution in [3.8, 4) is 0 Å². The molecule has 8 heteroatoms. The second kappa shape index (κ2) is 8.26. The maximum absolute atomic E-state index is 11.5. The molecule has 0 bridgehead atoms. The van der Waals surface area contributed by atoms with Gasteiger partial charge in [0, 0.05) is 12.6 Å². The fourth-order valence-electron chi connectivity index (χ4n) is 1.19. The number of carbonyl (C=O) groups is 1. The van der Waals surface area contributed by atoms with Gasteiger partial charge < -0.3 is 10.5 Å². The zero-order chi connectivity index (χ0) is 13.3. The molecular formula is C9H21N3O4S. The van der Waals surface area contributed by atoms with Crippen LogP contribution in [0.3, 0.4) is 0 Å². The van der Waals surface area contributed by atoms with Crippen molar-refractivity contribution in [1.82, 2.24) is 9.44 Å². The first-order chi connectivity index (χ1) is 7.95. The van der Waals surface area contributed by atoms with E-state index in [4.69, 9.17) is 5.73 Å². The monoisotopic (exact) mass is 267 g/mol. The van der Waals surface area contributed by atoms with Crippen molar-refractivity contribution in [3.63, 3.8) is 0 Å². The minimum absolute atomic E-state index is 0.109. The molecule has 0 aromatic rings. The lowest BCUT2D eigenvalue weighted by molar-refractivity contribution is 0.158. The summed E-state index contributed by atoms with van der Waals surface area (Å²) in [5.41, 5.74) is 5.44. The van der Waals surface area contributed by atoms with Crippen LogP contribution in [0.25, 0.3) is 0 Å². The molecule has 17 heavy (non-hydrogen) atoms. The highest BCUT2D eigenvalue weighted by Gasteiger charge is 2.19. The average Bonchev–Trinajstić information content (AvgIpc) is 2.23. The molecule has 0 aromatic carbocycles. The van der Waals surface area contributed by atoms with Crippen molar-refractivity contribution in [2.75, 3.05) is 13.2 Å². The largest absolute Gasteiger partial charge is 0.449 e. The molecule has 0 saturated heterocycles. The Bertz CT molecular complexity index is 318. The molecule has 0 fully saturated rings. The number of carbonyl (C=O) groups excluding carboxylic acids is 1. The van der Waals surface area contributed by atoms with E-state index in [1.165, 1.54) is 0 Å². The number of nitrogens with one attached hydrogen (secondary N) is 2. The van der Waals surface area contributed by atoms with E-state index < -0.39 is 16.3 Å². The molecule has 0 aromatic heterocycles. The molecule has 0 radical (unpaired) electrons. The summed E-state index contributed by atoms with van der Waals surface area (Å²) in [4.78, 5) is 11.0. The van der Waals surface area contributed by atoms with Crippen LogP contribution in [0.15, 0.2) is 0 Å². The normalized spacial score (nSPS) is 13.1. The Morgan fingerprint density at radius 3 is 2.53 bits per heavy atom. The van der Waals surface area contributed by atoms with Gasteiger partial charge in [0.25, 0.3) is 0 Å². The van der Waals surface area contributed by atoms with Crippen molar-refractivity contribution >= 4 is 16.3 Å². The van der Waals surface area contributed by atoms with Gasteiger partial charge in [0.1, 0.15) is 0 Å². The number of hydrogen-bond acceptors (Lipinski definition) is 5. The first-order valence-electron chi connectivity index (χ1n) is 5.62. The SMILES string of the molecule is CCCCC(CN)NS(=O)(=O)NC(=O)OCC. The second-order valence-electron chi connectivity index (χ2n) is 3.52. The van der Waals surface area contributed by atoms with Gasteiger partial charge in [-0.15, -0.1) is 0 Å². The van der Waals surface area contributed by atoms with Gasteiger partial charge in [-0.25, -0.2) is 9.52 Å². The summed E-state index contributed by atoms with van der Waals surface area (Å²) in [6.45, 7) is 3.88. The Morgan fingerprint density at radius 2 is 2.06 bits per heavy atom. The van der Waals surface area contributed by atoms with Crippen LogP contribution < -0.4 is 15.2 Å². The lowest BCUT2D eigenvalue weighted by atomic mass is 10.1. The molecule has 4 N–H and O–H groups in total. The van der Waals surface area contributed by atoms with Gasteiger partial charge in [0.15, 0.2) is 0 Å². The molecule has 1 atom stereocenters. The zero-order valence-corrected chi connectivity index (χ0v) is 11.0. The summed E-state index contributed by atoms with van der Waals surface area (Å²) < 4.78 is 31.5.